The normalized spacial score (nSPS) is 17.7. The van der Waals surface area contributed by atoms with E-state index in [0.29, 0.717) is 30.2 Å². The number of carbonyl (C=O) groups is 1. The smallest absolute Gasteiger partial charge is 0.227 e. The third-order valence-electron chi connectivity index (χ3n) is 4.40. The van der Waals surface area contributed by atoms with E-state index in [2.05, 4.69) is 22.3 Å². The molecule has 26 heavy (non-hydrogen) atoms. The van der Waals surface area contributed by atoms with E-state index in [9.17, 15) is 4.79 Å². The number of nitrogen functional groups attached to an aromatic ring is 1. The van der Waals surface area contributed by atoms with Gasteiger partial charge in [-0.3, -0.25) is 9.69 Å². The SMILES string of the molecule is COc1ccc(NC(=O)CC2CN(Cc3ccccc3)CCO2)cc1N. The molecule has 1 heterocycles. The zero-order valence-corrected chi connectivity index (χ0v) is 15.0. The summed E-state index contributed by atoms with van der Waals surface area (Å²) in [6, 6.07) is 15.5. The van der Waals surface area contributed by atoms with E-state index < -0.39 is 0 Å². The Hall–Kier alpha value is -2.57. The van der Waals surface area contributed by atoms with Gasteiger partial charge in [-0.2, -0.15) is 0 Å². The first-order chi connectivity index (χ1) is 12.6. The molecule has 1 aliphatic rings. The fraction of sp³-hybridized carbons (Fsp3) is 0.350. The number of anilines is 2. The predicted molar refractivity (Wildman–Crippen MR) is 102 cm³/mol. The Labute approximate surface area is 153 Å². The zero-order valence-electron chi connectivity index (χ0n) is 15.0. The average molecular weight is 355 g/mol. The molecule has 2 aromatic carbocycles. The lowest BCUT2D eigenvalue weighted by Crippen LogP contribution is -2.43. The second-order valence-corrected chi connectivity index (χ2v) is 6.42. The molecule has 138 valence electrons. The highest BCUT2D eigenvalue weighted by Gasteiger charge is 2.23. The molecule has 0 radical (unpaired) electrons. The number of nitrogens with zero attached hydrogens (tertiary/aromatic N) is 1. The predicted octanol–water partition coefficient (Wildman–Crippen LogP) is 2.51. The highest BCUT2D eigenvalue weighted by Crippen LogP contribution is 2.24. The Kier molecular flexibility index (Phi) is 6.09. The molecule has 2 aromatic rings. The Morgan fingerprint density at radius 2 is 2.12 bits per heavy atom. The molecule has 0 bridgehead atoms. The summed E-state index contributed by atoms with van der Waals surface area (Å²) in [4.78, 5) is 14.7. The maximum atomic E-state index is 12.3. The summed E-state index contributed by atoms with van der Waals surface area (Å²) < 4.78 is 10.9. The molecular formula is C20H25N3O3. The maximum absolute atomic E-state index is 12.3. The zero-order chi connectivity index (χ0) is 18.4. The average Bonchev–Trinajstić information content (AvgIpc) is 2.63. The number of carbonyl (C=O) groups excluding carboxylic acids is 1. The molecule has 1 fully saturated rings. The lowest BCUT2D eigenvalue weighted by Gasteiger charge is -2.32. The van der Waals surface area contributed by atoms with Crippen molar-refractivity contribution in [1.29, 1.82) is 0 Å². The Morgan fingerprint density at radius 3 is 2.85 bits per heavy atom. The van der Waals surface area contributed by atoms with Crippen molar-refractivity contribution in [3.63, 3.8) is 0 Å². The van der Waals surface area contributed by atoms with E-state index >= 15 is 0 Å². The van der Waals surface area contributed by atoms with Gasteiger partial charge < -0.3 is 20.5 Å². The minimum atomic E-state index is -0.108. The summed E-state index contributed by atoms with van der Waals surface area (Å²) in [7, 11) is 1.56. The third-order valence-corrected chi connectivity index (χ3v) is 4.40. The minimum Gasteiger partial charge on any atom is -0.495 e. The van der Waals surface area contributed by atoms with Gasteiger partial charge in [-0.15, -0.1) is 0 Å². The van der Waals surface area contributed by atoms with Crippen molar-refractivity contribution in [2.24, 2.45) is 0 Å². The largest absolute Gasteiger partial charge is 0.495 e. The Bertz CT molecular complexity index is 736. The second kappa shape index (κ2) is 8.69. The van der Waals surface area contributed by atoms with Gasteiger partial charge in [0.15, 0.2) is 0 Å². The molecule has 1 aliphatic heterocycles. The van der Waals surface area contributed by atoms with Gasteiger partial charge in [-0.25, -0.2) is 0 Å². The van der Waals surface area contributed by atoms with Gasteiger partial charge in [0.2, 0.25) is 5.91 Å². The number of amides is 1. The molecule has 1 saturated heterocycles. The number of ether oxygens (including phenoxy) is 2. The van der Waals surface area contributed by atoms with E-state index in [4.69, 9.17) is 15.2 Å². The van der Waals surface area contributed by atoms with Gasteiger partial charge in [0.1, 0.15) is 5.75 Å². The first-order valence-electron chi connectivity index (χ1n) is 8.75. The molecule has 1 atom stereocenters. The molecular weight excluding hydrogens is 330 g/mol. The standard InChI is InChI=1S/C20H25N3O3/c1-25-19-8-7-16(11-18(19)21)22-20(24)12-17-14-23(9-10-26-17)13-15-5-3-2-4-6-15/h2-8,11,17H,9-10,12-14,21H2,1H3,(H,22,24). The van der Waals surface area contributed by atoms with Crippen LogP contribution in [0.25, 0.3) is 0 Å². The molecule has 1 amide bonds. The number of nitrogens with two attached hydrogens (primary N) is 1. The van der Waals surface area contributed by atoms with Crippen LogP contribution in [0.5, 0.6) is 5.75 Å². The van der Waals surface area contributed by atoms with Crippen molar-refractivity contribution < 1.29 is 14.3 Å². The van der Waals surface area contributed by atoms with Crippen molar-refractivity contribution in [3.8, 4) is 5.75 Å². The van der Waals surface area contributed by atoms with Crippen LogP contribution >= 0.6 is 0 Å². The first kappa shape index (κ1) is 18.2. The fourth-order valence-corrected chi connectivity index (χ4v) is 3.12. The number of benzene rings is 2. The van der Waals surface area contributed by atoms with Crippen LogP contribution in [-0.4, -0.2) is 43.7 Å². The molecule has 0 aliphatic carbocycles. The van der Waals surface area contributed by atoms with Crippen molar-refractivity contribution >= 4 is 17.3 Å². The number of hydrogen-bond acceptors (Lipinski definition) is 5. The summed E-state index contributed by atoms with van der Waals surface area (Å²) in [5.41, 5.74) is 8.30. The van der Waals surface area contributed by atoms with Crippen LogP contribution in [0.2, 0.25) is 0 Å². The van der Waals surface area contributed by atoms with Gasteiger partial charge >= 0.3 is 0 Å². The monoisotopic (exact) mass is 355 g/mol. The highest BCUT2D eigenvalue weighted by molar-refractivity contribution is 5.91. The lowest BCUT2D eigenvalue weighted by atomic mass is 10.1. The first-order valence-corrected chi connectivity index (χ1v) is 8.75. The van der Waals surface area contributed by atoms with E-state index in [1.807, 2.05) is 18.2 Å². The number of rotatable bonds is 6. The van der Waals surface area contributed by atoms with E-state index in [0.717, 1.165) is 19.6 Å². The van der Waals surface area contributed by atoms with Gasteiger partial charge in [-0.1, -0.05) is 30.3 Å². The van der Waals surface area contributed by atoms with Gasteiger partial charge in [0, 0.05) is 25.3 Å². The topological polar surface area (TPSA) is 76.8 Å². The van der Waals surface area contributed by atoms with Crippen molar-refractivity contribution in [2.45, 2.75) is 19.1 Å². The van der Waals surface area contributed by atoms with E-state index in [1.165, 1.54) is 5.56 Å². The summed E-state index contributed by atoms with van der Waals surface area (Å²) in [5.74, 6) is 0.510. The summed E-state index contributed by atoms with van der Waals surface area (Å²) in [6.07, 6.45) is 0.208. The van der Waals surface area contributed by atoms with Crippen molar-refractivity contribution in [1.82, 2.24) is 4.90 Å². The minimum absolute atomic E-state index is 0.0823. The lowest BCUT2D eigenvalue weighted by molar-refractivity contribution is -0.121. The summed E-state index contributed by atoms with van der Waals surface area (Å²) in [6.45, 7) is 3.13. The fourth-order valence-electron chi connectivity index (χ4n) is 3.12. The van der Waals surface area contributed by atoms with Crippen LogP contribution in [0.1, 0.15) is 12.0 Å². The van der Waals surface area contributed by atoms with Gasteiger partial charge in [0.05, 0.1) is 31.9 Å². The number of nitrogens with one attached hydrogen (secondary N) is 1. The number of morpholine rings is 1. The molecule has 3 rings (SSSR count). The second-order valence-electron chi connectivity index (χ2n) is 6.42. The van der Waals surface area contributed by atoms with Crippen molar-refractivity contribution in [3.05, 3.63) is 54.1 Å². The molecule has 1 unspecified atom stereocenters. The van der Waals surface area contributed by atoms with Crippen LogP contribution in [0, 0.1) is 0 Å². The van der Waals surface area contributed by atoms with Crippen LogP contribution in [0.4, 0.5) is 11.4 Å². The molecule has 6 nitrogen and oxygen atoms in total. The molecule has 0 saturated carbocycles. The molecule has 0 aromatic heterocycles. The Balaban J connectivity index is 1.51. The van der Waals surface area contributed by atoms with Crippen molar-refractivity contribution in [2.75, 3.05) is 37.9 Å². The quantitative estimate of drug-likeness (QED) is 0.779. The van der Waals surface area contributed by atoms with Crippen LogP contribution < -0.4 is 15.8 Å². The number of hydrogen-bond donors (Lipinski definition) is 2. The van der Waals surface area contributed by atoms with E-state index in [-0.39, 0.29) is 12.0 Å². The summed E-state index contributed by atoms with van der Waals surface area (Å²) >= 11 is 0. The van der Waals surface area contributed by atoms with E-state index in [1.54, 1.807) is 25.3 Å². The summed E-state index contributed by atoms with van der Waals surface area (Å²) in [5, 5.41) is 2.87. The van der Waals surface area contributed by atoms with Crippen LogP contribution in [-0.2, 0) is 16.1 Å². The molecule has 0 spiro atoms. The Morgan fingerprint density at radius 1 is 1.31 bits per heavy atom. The van der Waals surface area contributed by atoms with Crippen LogP contribution in [0.15, 0.2) is 48.5 Å². The number of methoxy groups -OCH3 is 1. The highest BCUT2D eigenvalue weighted by atomic mass is 16.5. The maximum Gasteiger partial charge on any atom is 0.227 e. The molecule has 6 heteroatoms. The van der Waals surface area contributed by atoms with Crippen LogP contribution in [0.3, 0.4) is 0 Å². The third kappa shape index (κ3) is 4.97. The van der Waals surface area contributed by atoms with Gasteiger partial charge in [-0.05, 0) is 23.8 Å². The molecule has 3 N–H and O–H groups in total. The van der Waals surface area contributed by atoms with Gasteiger partial charge in [0.25, 0.3) is 0 Å².